The molecule has 0 aromatic heterocycles. The molecule has 2 aromatic rings. The topological polar surface area (TPSA) is 105 Å². The number of methoxy groups -OCH3 is 1. The van der Waals surface area contributed by atoms with Gasteiger partial charge in [-0.15, -0.1) is 0 Å². The average molecular weight is 446 g/mol. The van der Waals surface area contributed by atoms with Gasteiger partial charge in [0.25, 0.3) is 0 Å². The molecule has 1 saturated heterocycles. The number of nitrogens with one attached hydrogen (secondary N) is 2. The molecule has 3 rings (SSSR count). The maximum atomic E-state index is 13.0. The van der Waals surface area contributed by atoms with E-state index in [-0.39, 0.29) is 23.3 Å². The third-order valence-corrected chi connectivity index (χ3v) is 7.05. The highest BCUT2D eigenvalue weighted by Crippen LogP contribution is 2.25. The predicted molar refractivity (Wildman–Crippen MR) is 117 cm³/mol. The molecule has 1 aliphatic heterocycles. The maximum Gasteiger partial charge on any atom is 0.243 e. The number of benzene rings is 2. The molecule has 0 spiro atoms. The Hall–Kier alpha value is -2.91. The van der Waals surface area contributed by atoms with E-state index in [1.54, 1.807) is 19.2 Å². The lowest BCUT2D eigenvalue weighted by Crippen LogP contribution is -2.45. The van der Waals surface area contributed by atoms with Crippen LogP contribution >= 0.6 is 0 Å². The maximum absolute atomic E-state index is 13.0. The molecular formula is C22H27N3O5S. The van der Waals surface area contributed by atoms with Crippen LogP contribution in [-0.4, -0.2) is 44.7 Å². The van der Waals surface area contributed by atoms with E-state index in [2.05, 4.69) is 10.6 Å². The molecule has 0 aliphatic carbocycles. The summed E-state index contributed by atoms with van der Waals surface area (Å²) in [6, 6.07) is 13.5. The summed E-state index contributed by atoms with van der Waals surface area (Å²) in [6.45, 7) is 2.25. The molecule has 1 fully saturated rings. The summed E-state index contributed by atoms with van der Waals surface area (Å²) in [6.07, 6.45) is 1.25. The smallest absolute Gasteiger partial charge is 0.243 e. The van der Waals surface area contributed by atoms with Gasteiger partial charge in [-0.3, -0.25) is 9.59 Å². The summed E-state index contributed by atoms with van der Waals surface area (Å²) in [5, 5.41) is 5.51. The Morgan fingerprint density at radius 2 is 1.90 bits per heavy atom. The molecule has 2 aromatic carbocycles. The Balaban J connectivity index is 1.63. The van der Waals surface area contributed by atoms with Crippen molar-refractivity contribution in [3.05, 3.63) is 54.1 Å². The highest BCUT2D eigenvalue weighted by molar-refractivity contribution is 7.89. The lowest BCUT2D eigenvalue weighted by Gasteiger charge is -2.31. The molecule has 0 radical (unpaired) electrons. The minimum Gasteiger partial charge on any atom is -0.497 e. The van der Waals surface area contributed by atoms with E-state index in [0.717, 1.165) is 5.56 Å². The minimum atomic E-state index is -3.73. The minimum absolute atomic E-state index is 0.138. The van der Waals surface area contributed by atoms with Gasteiger partial charge in [-0.05, 0) is 54.8 Å². The number of anilines is 1. The SMILES string of the molecule is COc1cccc(CNC(=O)[C@@H]2CCCN(S(=O)(=O)c3ccc(NC(C)=O)cc3)C2)c1. The van der Waals surface area contributed by atoms with Gasteiger partial charge >= 0.3 is 0 Å². The number of piperidine rings is 1. The molecule has 0 saturated carbocycles. The number of sulfonamides is 1. The Labute approximate surface area is 182 Å². The van der Waals surface area contributed by atoms with Crippen molar-refractivity contribution in [1.82, 2.24) is 9.62 Å². The van der Waals surface area contributed by atoms with Crippen LogP contribution in [0.4, 0.5) is 5.69 Å². The first-order valence-electron chi connectivity index (χ1n) is 10.1. The Morgan fingerprint density at radius 1 is 1.16 bits per heavy atom. The zero-order chi connectivity index (χ0) is 22.4. The van der Waals surface area contributed by atoms with Crippen molar-refractivity contribution in [1.29, 1.82) is 0 Å². The van der Waals surface area contributed by atoms with Crippen LogP contribution in [0.25, 0.3) is 0 Å². The molecular weight excluding hydrogens is 418 g/mol. The lowest BCUT2D eigenvalue weighted by molar-refractivity contribution is -0.126. The fourth-order valence-corrected chi connectivity index (χ4v) is 5.08. The van der Waals surface area contributed by atoms with Crippen molar-refractivity contribution in [2.45, 2.75) is 31.2 Å². The Bertz CT molecular complexity index is 1040. The summed E-state index contributed by atoms with van der Waals surface area (Å²) in [4.78, 5) is 24.0. The highest BCUT2D eigenvalue weighted by Gasteiger charge is 2.33. The van der Waals surface area contributed by atoms with Crippen molar-refractivity contribution in [3.63, 3.8) is 0 Å². The van der Waals surface area contributed by atoms with Crippen LogP contribution in [0, 0.1) is 5.92 Å². The first-order valence-corrected chi connectivity index (χ1v) is 11.5. The standard InChI is InChI=1S/C22H27N3O5S/c1-16(26)24-19-8-10-21(11-9-19)31(28,29)25-12-4-6-18(15-25)22(27)23-14-17-5-3-7-20(13-17)30-2/h3,5,7-11,13,18H,4,6,12,14-15H2,1-2H3,(H,23,27)(H,24,26)/t18-/m1/s1. The third-order valence-electron chi connectivity index (χ3n) is 5.17. The lowest BCUT2D eigenvalue weighted by atomic mass is 9.99. The van der Waals surface area contributed by atoms with Crippen molar-refractivity contribution in [2.75, 3.05) is 25.5 Å². The van der Waals surface area contributed by atoms with Gasteiger partial charge in [-0.25, -0.2) is 8.42 Å². The summed E-state index contributed by atoms with van der Waals surface area (Å²) in [5.74, 6) is -0.0860. The van der Waals surface area contributed by atoms with E-state index >= 15 is 0 Å². The fourth-order valence-electron chi connectivity index (χ4n) is 3.55. The summed E-state index contributed by atoms with van der Waals surface area (Å²) >= 11 is 0. The monoisotopic (exact) mass is 445 g/mol. The number of nitrogens with zero attached hydrogens (tertiary/aromatic N) is 1. The molecule has 1 aliphatic rings. The van der Waals surface area contributed by atoms with Crippen LogP contribution in [0.3, 0.4) is 0 Å². The second kappa shape index (κ2) is 9.93. The van der Waals surface area contributed by atoms with Crippen LogP contribution in [0.15, 0.2) is 53.4 Å². The quantitative estimate of drug-likeness (QED) is 0.681. The van der Waals surface area contributed by atoms with Gasteiger partial charge in [0.15, 0.2) is 0 Å². The van der Waals surface area contributed by atoms with Gasteiger partial charge in [-0.1, -0.05) is 12.1 Å². The largest absolute Gasteiger partial charge is 0.497 e. The normalized spacial score (nSPS) is 17.0. The van der Waals surface area contributed by atoms with Crippen molar-refractivity contribution < 1.29 is 22.7 Å². The first kappa shape index (κ1) is 22.8. The van der Waals surface area contributed by atoms with Gasteiger partial charge in [0, 0.05) is 32.2 Å². The van der Waals surface area contributed by atoms with E-state index < -0.39 is 15.9 Å². The number of amides is 2. The second-order valence-electron chi connectivity index (χ2n) is 7.48. The molecule has 0 unspecified atom stereocenters. The number of carbonyl (C=O) groups is 2. The summed E-state index contributed by atoms with van der Waals surface area (Å²) in [7, 11) is -2.14. The number of hydrogen-bond acceptors (Lipinski definition) is 5. The van der Waals surface area contributed by atoms with Gasteiger partial charge < -0.3 is 15.4 Å². The molecule has 1 atom stereocenters. The summed E-state index contributed by atoms with van der Waals surface area (Å²) in [5.41, 5.74) is 1.44. The van der Waals surface area contributed by atoms with E-state index in [0.29, 0.717) is 37.4 Å². The molecule has 2 amide bonds. The zero-order valence-electron chi connectivity index (χ0n) is 17.6. The third kappa shape index (κ3) is 5.83. The number of rotatable bonds is 7. The van der Waals surface area contributed by atoms with Crippen LogP contribution < -0.4 is 15.4 Å². The van der Waals surface area contributed by atoms with Crippen LogP contribution in [0.5, 0.6) is 5.75 Å². The molecule has 31 heavy (non-hydrogen) atoms. The van der Waals surface area contributed by atoms with Crippen molar-refractivity contribution in [3.8, 4) is 5.75 Å². The van der Waals surface area contributed by atoms with E-state index in [4.69, 9.17) is 4.74 Å². The van der Waals surface area contributed by atoms with Crippen LogP contribution in [0.2, 0.25) is 0 Å². The van der Waals surface area contributed by atoms with Gasteiger partial charge in [0.05, 0.1) is 17.9 Å². The molecule has 9 heteroatoms. The van der Waals surface area contributed by atoms with Crippen LogP contribution in [-0.2, 0) is 26.2 Å². The highest BCUT2D eigenvalue weighted by atomic mass is 32.2. The average Bonchev–Trinajstić information content (AvgIpc) is 2.77. The second-order valence-corrected chi connectivity index (χ2v) is 9.42. The molecule has 1 heterocycles. The fraction of sp³-hybridized carbons (Fsp3) is 0.364. The summed E-state index contributed by atoms with van der Waals surface area (Å²) < 4.78 is 32.6. The van der Waals surface area contributed by atoms with E-state index in [1.807, 2.05) is 24.3 Å². The molecule has 0 bridgehead atoms. The first-order chi connectivity index (χ1) is 14.8. The van der Waals surface area contributed by atoms with Crippen LogP contribution in [0.1, 0.15) is 25.3 Å². The molecule has 8 nitrogen and oxygen atoms in total. The van der Waals surface area contributed by atoms with Gasteiger partial charge in [-0.2, -0.15) is 4.31 Å². The Kier molecular flexibility index (Phi) is 7.29. The van der Waals surface area contributed by atoms with E-state index in [9.17, 15) is 18.0 Å². The number of carbonyl (C=O) groups excluding carboxylic acids is 2. The van der Waals surface area contributed by atoms with Crippen molar-refractivity contribution in [2.24, 2.45) is 5.92 Å². The number of hydrogen-bond donors (Lipinski definition) is 2. The van der Waals surface area contributed by atoms with Gasteiger partial charge in [0.1, 0.15) is 5.75 Å². The van der Waals surface area contributed by atoms with Crippen molar-refractivity contribution >= 4 is 27.5 Å². The zero-order valence-corrected chi connectivity index (χ0v) is 18.4. The molecule has 2 N–H and O–H groups in total. The Morgan fingerprint density at radius 3 is 2.58 bits per heavy atom. The van der Waals surface area contributed by atoms with Gasteiger partial charge in [0.2, 0.25) is 21.8 Å². The predicted octanol–water partition coefficient (Wildman–Crippen LogP) is 2.37. The molecule has 166 valence electrons. The van der Waals surface area contributed by atoms with E-state index in [1.165, 1.54) is 23.4 Å². The number of ether oxygens (including phenoxy) is 1.